The third-order valence-corrected chi connectivity index (χ3v) is 3.94. The first-order valence-corrected chi connectivity index (χ1v) is 7.65. The lowest BCUT2D eigenvalue weighted by atomic mass is 9.97. The molecule has 0 bridgehead atoms. The van der Waals surface area contributed by atoms with Gasteiger partial charge < -0.3 is 15.4 Å². The minimum atomic E-state index is -0.445. The molecular weight excluding hydrogens is 284 g/mol. The third kappa shape index (κ3) is 4.25. The summed E-state index contributed by atoms with van der Waals surface area (Å²) in [5, 5.41) is 0. The van der Waals surface area contributed by atoms with Crippen LogP contribution in [0.4, 0.5) is 0 Å². The van der Waals surface area contributed by atoms with E-state index in [1.165, 1.54) is 0 Å². The van der Waals surface area contributed by atoms with Gasteiger partial charge in [0.25, 0.3) is 0 Å². The normalized spacial score (nSPS) is 23.6. The molecule has 21 heavy (non-hydrogen) atoms. The Hall–Kier alpha value is -1.46. The molecule has 114 valence electrons. The standard InChI is InChI=1S/C16H22N2O2S/c1-11-9-18(10-12(2)20-11)16(19)14(15(17)21)8-13-6-4-3-5-7-13/h3-7,11-12,14H,8-10H2,1-2H3,(H2,17,21). The summed E-state index contributed by atoms with van der Waals surface area (Å²) in [6.07, 6.45) is 0.637. The molecule has 1 aliphatic heterocycles. The largest absolute Gasteiger partial charge is 0.393 e. The van der Waals surface area contributed by atoms with Gasteiger partial charge in [-0.05, 0) is 25.8 Å². The van der Waals surface area contributed by atoms with E-state index >= 15 is 0 Å². The van der Waals surface area contributed by atoms with Crippen molar-refractivity contribution in [2.24, 2.45) is 11.7 Å². The van der Waals surface area contributed by atoms with Crippen molar-refractivity contribution in [1.29, 1.82) is 0 Å². The fourth-order valence-corrected chi connectivity index (χ4v) is 2.92. The van der Waals surface area contributed by atoms with Gasteiger partial charge in [-0.3, -0.25) is 4.79 Å². The Morgan fingerprint density at radius 1 is 1.33 bits per heavy atom. The van der Waals surface area contributed by atoms with Crippen LogP contribution in [0.1, 0.15) is 19.4 Å². The molecule has 1 aromatic rings. The SMILES string of the molecule is CC1CN(C(=O)C(Cc2ccccc2)C(N)=S)CC(C)O1. The van der Waals surface area contributed by atoms with Gasteiger partial charge in [0.1, 0.15) is 0 Å². The zero-order chi connectivity index (χ0) is 15.4. The maximum Gasteiger partial charge on any atom is 0.233 e. The van der Waals surface area contributed by atoms with E-state index in [4.69, 9.17) is 22.7 Å². The molecule has 0 aliphatic carbocycles. The summed E-state index contributed by atoms with van der Waals surface area (Å²) in [6, 6.07) is 9.84. The number of benzene rings is 1. The number of rotatable bonds is 4. The van der Waals surface area contributed by atoms with Gasteiger partial charge >= 0.3 is 0 Å². The molecule has 0 aromatic heterocycles. The maximum atomic E-state index is 12.7. The van der Waals surface area contributed by atoms with Crippen LogP contribution in [0.25, 0.3) is 0 Å². The summed E-state index contributed by atoms with van der Waals surface area (Å²) < 4.78 is 5.67. The number of hydrogen-bond donors (Lipinski definition) is 1. The van der Waals surface area contributed by atoms with Crippen molar-refractivity contribution < 1.29 is 9.53 Å². The van der Waals surface area contributed by atoms with E-state index in [0.29, 0.717) is 19.5 Å². The predicted molar refractivity (Wildman–Crippen MR) is 87.0 cm³/mol. The van der Waals surface area contributed by atoms with E-state index in [0.717, 1.165) is 5.56 Å². The Morgan fingerprint density at radius 2 is 1.90 bits per heavy atom. The lowest BCUT2D eigenvalue weighted by Gasteiger charge is -2.37. The number of nitrogens with zero attached hydrogens (tertiary/aromatic N) is 1. The lowest BCUT2D eigenvalue weighted by Crippen LogP contribution is -2.52. The second-order valence-electron chi connectivity index (χ2n) is 5.65. The van der Waals surface area contributed by atoms with Crippen LogP contribution in [-0.4, -0.2) is 41.1 Å². The molecule has 2 N–H and O–H groups in total. The Balaban J connectivity index is 2.10. The first-order chi connectivity index (χ1) is 9.97. The summed E-state index contributed by atoms with van der Waals surface area (Å²) >= 11 is 5.12. The van der Waals surface area contributed by atoms with E-state index in [1.807, 2.05) is 49.1 Å². The van der Waals surface area contributed by atoms with Gasteiger partial charge in [0.05, 0.1) is 23.1 Å². The first kappa shape index (κ1) is 15.9. The number of carbonyl (C=O) groups is 1. The van der Waals surface area contributed by atoms with Gasteiger partial charge in [0.15, 0.2) is 0 Å². The number of morpholine rings is 1. The molecule has 1 aromatic carbocycles. The molecule has 1 aliphatic rings. The van der Waals surface area contributed by atoms with Crippen LogP contribution in [0.3, 0.4) is 0 Å². The van der Waals surface area contributed by atoms with Crippen LogP contribution < -0.4 is 5.73 Å². The van der Waals surface area contributed by atoms with Crippen molar-refractivity contribution in [3.05, 3.63) is 35.9 Å². The molecule has 5 heteroatoms. The van der Waals surface area contributed by atoms with Crippen molar-refractivity contribution in [2.45, 2.75) is 32.5 Å². The van der Waals surface area contributed by atoms with Crippen molar-refractivity contribution in [2.75, 3.05) is 13.1 Å². The van der Waals surface area contributed by atoms with Crippen LogP contribution in [0.5, 0.6) is 0 Å². The highest BCUT2D eigenvalue weighted by atomic mass is 32.1. The van der Waals surface area contributed by atoms with Crippen LogP contribution in [-0.2, 0) is 16.0 Å². The summed E-state index contributed by atoms with van der Waals surface area (Å²) in [4.78, 5) is 14.8. The Morgan fingerprint density at radius 3 is 2.43 bits per heavy atom. The number of nitrogens with two attached hydrogens (primary N) is 1. The highest BCUT2D eigenvalue weighted by Gasteiger charge is 2.32. The molecule has 1 fully saturated rings. The fourth-order valence-electron chi connectivity index (χ4n) is 2.74. The molecule has 1 amide bonds. The van der Waals surface area contributed by atoms with Crippen molar-refractivity contribution >= 4 is 23.1 Å². The monoisotopic (exact) mass is 306 g/mol. The number of hydrogen-bond acceptors (Lipinski definition) is 3. The minimum absolute atomic E-state index is 0.00773. The molecule has 3 atom stereocenters. The van der Waals surface area contributed by atoms with Crippen LogP contribution in [0.15, 0.2) is 30.3 Å². The van der Waals surface area contributed by atoms with Gasteiger partial charge in [-0.2, -0.15) is 0 Å². The van der Waals surface area contributed by atoms with Crippen LogP contribution in [0.2, 0.25) is 0 Å². The zero-order valence-electron chi connectivity index (χ0n) is 12.5. The average Bonchev–Trinajstić information content (AvgIpc) is 2.44. The zero-order valence-corrected chi connectivity index (χ0v) is 13.3. The average molecular weight is 306 g/mol. The van der Waals surface area contributed by atoms with Gasteiger partial charge in [0, 0.05) is 13.1 Å². The Kier molecular flexibility index (Phi) is 5.31. The van der Waals surface area contributed by atoms with E-state index in [9.17, 15) is 4.79 Å². The minimum Gasteiger partial charge on any atom is -0.393 e. The maximum absolute atomic E-state index is 12.7. The molecule has 4 nitrogen and oxygen atoms in total. The molecule has 0 saturated carbocycles. The van der Waals surface area contributed by atoms with Gasteiger partial charge in [-0.25, -0.2) is 0 Å². The van der Waals surface area contributed by atoms with Crippen molar-refractivity contribution in [1.82, 2.24) is 4.90 Å². The molecule has 1 saturated heterocycles. The Labute approximate surface area is 131 Å². The Bertz CT molecular complexity index is 496. The smallest absolute Gasteiger partial charge is 0.233 e. The molecule has 0 radical (unpaired) electrons. The van der Waals surface area contributed by atoms with Crippen molar-refractivity contribution in [3.63, 3.8) is 0 Å². The second-order valence-corrected chi connectivity index (χ2v) is 6.12. The summed E-state index contributed by atoms with van der Waals surface area (Å²) in [5.41, 5.74) is 6.88. The molecule has 0 spiro atoms. The van der Waals surface area contributed by atoms with Gasteiger partial charge in [0.2, 0.25) is 5.91 Å². The quantitative estimate of drug-likeness (QED) is 0.861. The van der Waals surface area contributed by atoms with Gasteiger partial charge in [-0.1, -0.05) is 42.5 Å². The number of carbonyl (C=O) groups excluding carboxylic acids is 1. The third-order valence-electron chi connectivity index (χ3n) is 3.66. The predicted octanol–water partition coefficient (Wildman–Crippen LogP) is 1.77. The molecule has 1 heterocycles. The number of ether oxygens (including phenoxy) is 1. The van der Waals surface area contributed by atoms with Crippen molar-refractivity contribution in [3.8, 4) is 0 Å². The van der Waals surface area contributed by atoms with E-state index in [1.54, 1.807) is 0 Å². The lowest BCUT2D eigenvalue weighted by molar-refractivity contribution is -0.145. The number of amides is 1. The number of thiocarbonyl (C=S) groups is 1. The topological polar surface area (TPSA) is 55.6 Å². The van der Waals surface area contributed by atoms with E-state index in [-0.39, 0.29) is 23.1 Å². The second kappa shape index (κ2) is 7.00. The van der Waals surface area contributed by atoms with Crippen LogP contribution >= 0.6 is 12.2 Å². The molecular formula is C16H22N2O2S. The molecule has 2 rings (SSSR count). The highest BCUT2D eigenvalue weighted by Crippen LogP contribution is 2.17. The van der Waals surface area contributed by atoms with Gasteiger partial charge in [-0.15, -0.1) is 0 Å². The van der Waals surface area contributed by atoms with E-state index < -0.39 is 5.92 Å². The summed E-state index contributed by atoms with van der Waals surface area (Å²) in [5.74, 6) is -0.437. The van der Waals surface area contributed by atoms with E-state index in [2.05, 4.69) is 0 Å². The summed E-state index contributed by atoms with van der Waals surface area (Å²) in [6.45, 7) is 5.14. The first-order valence-electron chi connectivity index (χ1n) is 7.25. The van der Waals surface area contributed by atoms with Crippen LogP contribution in [0, 0.1) is 5.92 Å². The fraction of sp³-hybridized carbons (Fsp3) is 0.500. The summed E-state index contributed by atoms with van der Waals surface area (Å²) in [7, 11) is 0. The molecule has 3 unspecified atom stereocenters. The highest BCUT2D eigenvalue weighted by molar-refractivity contribution is 7.80.